The molecule has 0 aromatic carbocycles. The Morgan fingerprint density at radius 3 is 3.20 bits per heavy atom. The van der Waals surface area contributed by atoms with Gasteiger partial charge in [0.25, 0.3) is 0 Å². The van der Waals surface area contributed by atoms with Crippen molar-refractivity contribution in [1.82, 2.24) is 20.5 Å². The molecule has 15 heavy (non-hydrogen) atoms. The summed E-state index contributed by atoms with van der Waals surface area (Å²) in [5.41, 5.74) is 0. The summed E-state index contributed by atoms with van der Waals surface area (Å²) in [4.78, 5) is 16.3. The van der Waals surface area contributed by atoms with Crippen LogP contribution in [-0.4, -0.2) is 45.5 Å². The maximum absolute atomic E-state index is 10.4. The van der Waals surface area contributed by atoms with Gasteiger partial charge < -0.3 is 15.3 Å². The second-order valence-electron chi connectivity index (χ2n) is 3.35. The van der Waals surface area contributed by atoms with Crippen LogP contribution in [0.25, 0.3) is 0 Å². The molecule has 1 aromatic heterocycles. The number of carboxylic acid groups (broad SMARTS) is 1. The average Bonchev–Trinajstić information content (AvgIpc) is 2.67. The zero-order valence-corrected chi connectivity index (χ0v) is 8.00. The molecule has 1 fully saturated rings. The van der Waals surface area contributed by atoms with E-state index in [4.69, 9.17) is 5.11 Å². The van der Waals surface area contributed by atoms with E-state index in [0.717, 1.165) is 13.0 Å². The highest BCUT2D eigenvalue weighted by atomic mass is 16.4. The van der Waals surface area contributed by atoms with Crippen LogP contribution in [-0.2, 0) is 0 Å². The van der Waals surface area contributed by atoms with Crippen molar-refractivity contribution in [2.24, 2.45) is 0 Å². The van der Waals surface area contributed by atoms with Crippen LogP contribution in [0.2, 0.25) is 0 Å². The smallest absolute Gasteiger partial charge is 0.404 e. The SMILES string of the molecule is O=C(O)N[C@@H]1CCN(c2cncnn2)C1. The van der Waals surface area contributed by atoms with Crippen molar-refractivity contribution in [2.75, 3.05) is 18.0 Å². The Bertz CT molecular complexity index is 344. The minimum absolute atomic E-state index is 0.0375. The Hall–Kier alpha value is -1.92. The van der Waals surface area contributed by atoms with Crippen LogP contribution in [0.5, 0.6) is 0 Å². The molecule has 0 aliphatic carbocycles. The monoisotopic (exact) mass is 209 g/mol. The lowest BCUT2D eigenvalue weighted by Gasteiger charge is -2.15. The topological polar surface area (TPSA) is 91.2 Å². The van der Waals surface area contributed by atoms with Crippen LogP contribution in [0.4, 0.5) is 10.6 Å². The Kier molecular flexibility index (Phi) is 2.61. The van der Waals surface area contributed by atoms with Crippen molar-refractivity contribution in [1.29, 1.82) is 0 Å². The third kappa shape index (κ3) is 2.30. The largest absolute Gasteiger partial charge is 0.465 e. The molecule has 80 valence electrons. The van der Waals surface area contributed by atoms with Gasteiger partial charge in [-0.15, -0.1) is 10.2 Å². The van der Waals surface area contributed by atoms with Crippen LogP contribution < -0.4 is 10.2 Å². The molecular weight excluding hydrogens is 198 g/mol. The van der Waals surface area contributed by atoms with Crippen LogP contribution >= 0.6 is 0 Å². The molecule has 1 atom stereocenters. The van der Waals surface area contributed by atoms with E-state index in [1.807, 2.05) is 4.90 Å². The summed E-state index contributed by atoms with van der Waals surface area (Å²) >= 11 is 0. The second kappa shape index (κ2) is 4.07. The van der Waals surface area contributed by atoms with E-state index in [0.29, 0.717) is 12.4 Å². The van der Waals surface area contributed by atoms with E-state index in [-0.39, 0.29) is 6.04 Å². The van der Waals surface area contributed by atoms with Crippen LogP contribution in [0, 0.1) is 0 Å². The number of anilines is 1. The normalized spacial score (nSPS) is 20.3. The summed E-state index contributed by atoms with van der Waals surface area (Å²) in [5, 5.41) is 18.6. The minimum Gasteiger partial charge on any atom is -0.465 e. The second-order valence-corrected chi connectivity index (χ2v) is 3.35. The van der Waals surface area contributed by atoms with Crippen LogP contribution in [0.1, 0.15) is 6.42 Å². The standard InChI is InChI=1S/C8H11N5O2/c14-8(15)11-6-1-2-13(4-6)7-3-9-5-10-12-7/h3,5-6,11H,1-2,4H2,(H,14,15)/t6-/m1/s1. The lowest BCUT2D eigenvalue weighted by atomic mass is 10.3. The summed E-state index contributed by atoms with van der Waals surface area (Å²) in [7, 11) is 0. The molecule has 2 heterocycles. The first-order chi connectivity index (χ1) is 7.25. The quantitative estimate of drug-likeness (QED) is 0.696. The molecule has 2 rings (SSSR count). The van der Waals surface area contributed by atoms with Crippen molar-refractivity contribution >= 4 is 11.9 Å². The van der Waals surface area contributed by atoms with Crippen LogP contribution in [0.3, 0.4) is 0 Å². The highest BCUT2D eigenvalue weighted by molar-refractivity contribution is 5.65. The lowest BCUT2D eigenvalue weighted by Crippen LogP contribution is -2.36. The van der Waals surface area contributed by atoms with Gasteiger partial charge in [-0.3, -0.25) is 0 Å². The molecule has 1 aromatic rings. The van der Waals surface area contributed by atoms with Crippen molar-refractivity contribution in [2.45, 2.75) is 12.5 Å². The fourth-order valence-corrected chi connectivity index (χ4v) is 1.65. The van der Waals surface area contributed by atoms with E-state index in [1.165, 1.54) is 6.33 Å². The van der Waals surface area contributed by atoms with Crippen molar-refractivity contribution < 1.29 is 9.90 Å². The van der Waals surface area contributed by atoms with Crippen molar-refractivity contribution in [3.63, 3.8) is 0 Å². The maximum Gasteiger partial charge on any atom is 0.404 e. The number of amides is 1. The van der Waals surface area contributed by atoms with Gasteiger partial charge in [-0.1, -0.05) is 0 Å². The van der Waals surface area contributed by atoms with E-state index in [9.17, 15) is 4.79 Å². The van der Waals surface area contributed by atoms with Crippen molar-refractivity contribution in [3.8, 4) is 0 Å². The first-order valence-corrected chi connectivity index (χ1v) is 4.63. The molecule has 7 nitrogen and oxygen atoms in total. The highest BCUT2D eigenvalue weighted by Gasteiger charge is 2.24. The Morgan fingerprint density at radius 2 is 2.53 bits per heavy atom. The zero-order chi connectivity index (χ0) is 10.7. The average molecular weight is 209 g/mol. The summed E-state index contributed by atoms with van der Waals surface area (Å²) in [5.74, 6) is 0.687. The maximum atomic E-state index is 10.4. The van der Waals surface area contributed by atoms with Gasteiger partial charge in [-0.05, 0) is 6.42 Å². The molecule has 2 N–H and O–H groups in total. The molecule has 0 spiro atoms. The molecule has 0 unspecified atom stereocenters. The number of hydrogen-bond acceptors (Lipinski definition) is 5. The summed E-state index contributed by atoms with van der Waals surface area (Å²) < 4.78 is 0. The summed E-state index contributed by atoms with van der Waals surface area (Å²) in [6, 6.07) is -0.0375. The molecule has 1 aliphatic heterocycles. The van der Waals surface area contributed by atoms with Gasteiger partial charge in [-0.2, -0.15) is 0 Å². The third-order valence-corrected chi connectivity index (χ3v) is 2.31. The number of rotatable bonds is 2. The Labute approximate surface area is 86.1 Å². The minimum atomic E-state index is -0.987. The highest BCUT2D eigenvalue weighted by Crippen LogP contribution is 2.15. The molecule has 1 saturated heterocycles. The van der Waals surface area contributed by atoms with Crippen LogP contribution in [0.15, 0.2) is 12.5 Å². The third-order valence-electron chi connectivity index (χ3n) is 2.31. The van der Waals surface area contributed by atoms with Crippen molar-refractivity contribution in [3.05, 3.63) is 12.5 Å². The van der Waals surface area contributed by atoms with E-state index in [2.05, 4.69) is 20.5 Å². The molecular formula is C8H11N5O2. The fraction of sp³-hybridized carbons (Fsp3) is 0.500. The number of carbonyl (C=O) groups is 1. The summed E-state index contributed by atoms with van der Waals surface area (Å²) in [6.07, 6.45) is 2.78. The first-order valence-electron chi connectivity index (χ1n) is 4.63. The molecule has 0 radical (unpaired) electrons. The zero-order valence-electron chi connectivity index (χ0n) is 8.00. The van der Waals surface area contributed by atoms with E-state index >= 15 is 0 Å². The summed E-state index contributed by atoms with van der Waals surface area (Å²) in [6.45, 7) is 1.39. The van der Waals surface area contributed by atoms with Gasteiger partial charge in [0.15, 0.2) is 5.82 Å². The number of aromatic nitrogens is 3. The lowest BCUT2D eigenvalue weighted by molar-refractivity contribution is 0.191. The van der Waals surface area contributed by atoms with Gasteiger partial charge >= 0.3 is 6.09 Å². The van der Waals surface area contributed by atoms with Gasteiger partial charge in [-0.25, -0.2) is 9.78 Å². The predicted molar refractivity (Wildman–Crippen MR) is 51.6 cm³/mol. The first kappa shape index (κ1) is 9.63. The molecule has 1 amide bonds. The Balaban J connectivity index is 1.96. The van der Waals surface area contributed by atoms with E-state index < -0.39 is 6.09 Å². The van der Waals surface area contributed by atoms with Gasteiger partial charge in [0, 0.05) is 13.1 Å². The molecule has 1 aliphatic rings. The van der Waals surface area contributed by atoms with E-state index in [1.54, 1.807) is 6.20 Å². The predicted octanol–water partition coefficient (Wildman–Crippen LogP) is -0.282. The molecule has 0 saturated carbocycles. The number of hydrogen-bond donors (Lipinski definition) is 2. The molecule has 7 heteroatoms. The fourth-order valence-electron chi connectivity index (χ4n) is 1.65. The van der Waals surface area contributed by atoms with Gasteiger partial charge in [0.1, 0.15) is 6.33 Å². The number of nitrogens with one attached hydrogen (secondary N) is 1. The number of nitrogens with zero attached hydrogens (tertiary/aromatic N) is 4. The molecule has 0 bridgehead atoms. The van der Waals surface area contributed by atoms with Gasteiger partial charge in [0.2, 0.25) is 0 Å². The Morgan fingerprint density at radius 1 is 1.67 bits per heavy atom. The van der Waals surface area contributed by atoms with Gasteiger partial charge in [0.05, 0.1) is 12.2 Å².